The monoisotopic (exact) mass is 225 g/mol. The molecule has 2 N–H and O–H groups in total. The van der Waals surface area contributed by atoms with Crippen molar-refractivity contribution in [2.75, 3.05) is 6.54 Å². The van der Waals surface area contributed by atoms with Gasteiger partial charge in [-0.1, -0.05) is 0 Å². The molecule has 0 saturated carbocycles. The average Bonchev–Trinajstić information content (AvgIpc) is 2.54. The second-order valence-electron chi connectivity index (χ2n) is 3.73. The molecule has 0 bridgehead atoms. The molecule has 1 heterocycles. The predicted octanol–water partition coefficient (Wildman–Crippen LogP) is 1.97. The van der Waals surface area contributed by atoms with Crippen LogP contribution in [0.25, 0.3) is 10.9 Å². The van der Waals surface area contributed by atoms with Gasteiger partial charge < -0.3 is 5.73 Å². The van der Waals surface area contributed by atoms with Gasteiger partial charge in [-0.2, -0.15) is 5.10 Å². The van der Waals surface area contributed by atoms with Crippen molar-refractivity contribution in [3.8, 4) is 0 Å². The Balaban J connectivity index is 2.55. The molecule has 1 aromatic heterocycles. The Morgan fingerprint density at radius 2 is 2.00 bits per heavy atom. The molecular weight excluding hydrogens is 212 g/mol. The van der Waals surface area contributed by atoms with E-state index in [1.54, 1.807) is 11.6 Å². The van der Waals surface area contributed by atoms with E-state index in [-0.39, 0.29) is 0 Å². The first kappa shape index (κ1) is 11.0. The number of nitrogens with two attached hydrogens (primary N) is 1. The number of aryl methyl sites for hydroxylation is 2. The Morgan fingerprint density at radius 3 is 2.69 bits per heavy atom. The second-order valence-corrected chi connectivity index (χ2v) is 3.73. The first-order valence-electron chi connectivity index (χ1n) is 5.15. The molecule has 0 aliphatic heterocycles. The fraction of sp³-hybridized carbons (Fsp3) is 0.364. The fourth-order valence-electron chi connectivity index (χ4n) is 1.74. The number of rotatable bonds is 3. The van der Waals surface area contributed by atoms with E-state index in [4.69, 9.17) is 5.73 Å². The van der Waals surface area contributed by atoms with Crippen LogP contribution < -0.4 is 5.73 Å². The molecule has 0 saturated heterocycles. The van der Waals surface area contributed by atoms with Crippen molar-refractivity contribution in [1.82, 2.24) is 9.78 Å². The quantitative estimate of drug-likeness (QED) is 0.867. The minimum atomic E-state index is -0.846. The van der Waals surface area contributed by atoms with Crippen LogP contribution in [-0.2, 0) is 6.54 Å². The van der Waals surface area contributed by atoms with Gasteiger partial charge in [-0.3, -0.25) is 4.68 Å². The first-order chi connectivity index (χ1) is 7.63. The van der Waals surface area contributed by atoms with E-state index in [1.807, 2.05) is 0 Å². The van der Waals surface area contributed by atoms with Gasteiger partial charge in [-0.25, -0.2) is 8.78 Å². The molecule has 0 amide bonds. The highest BCUT2D eigenvalue weighted by atomic mass is 19.2. The van der Waals surface area contributed by atoms with E-state index < -0.39 is 11.6 Å². The van der Waals surface area contributed by atoms with Crippen molar-refractivity contribution in [3.63, 3.8) is 0 Å². The van der Waals surface area contributed by atoms with Crippen LogP contribution in [0.5, 0.6) is 0 Å². The molecule has 5 heteroatoms. The van der Waals surface area contributed by atoms with Crippen molar-refractivity contribution >= 4 is 10.9 Å². The first-order valence-corrected chi connectivity index (χ1v) is 5.15. The number of aromatic nitrogens is 2. The molecule has 3 nitrogen and oxygen atoms in total. The van der Waals surface area contributed by atoms with Crippen LogP contribution >= 0.6 is 0 Å². The lowest BCUT2D eigenvalue weighted by atomic mass is 10.2. The zero-order valence-electron chi connectivity index (χ0n) is 9.00. The van der Waals surface area contributed by atoms with Crippen LogP contribution in [0.15, 0.2) is 12.1 Å². The normalized spacial score (nSPS) is 11.2. The van der Waals surface area contributed by atoms with Gasteiger partial charge in [0.1, 0.15) is 0 Å². The molecule has 0 radical (unpaired) electrons. The summed E-state index contributed by atoms with van der Waals surface area (Å²) >= 11 is 0. The summed E-state index contributed by atoms with van der Waals surface area (Å²) in [6.07, 6.45) is 0.759. The van der Waals surface area contributed by atoms with Gasteiger partial charge in [-0.05, 0) is 26.0 Å². The number of nitrogens with zero attached hydrogens (tertiary/aromatic N) is 2. The smallest absolute Gasteiger partial charge is 0.161 e. The molecule has 16 heavy (non-hydrogen) atoms. The van der Waals surface area contributed by atoms with Crippen LogP contribution in [0.1, 0.15) is 12.1 Å². The maximum atomic E-state index is 13.1. The SMILES string of the molecule is Cc1nn(CCCN)c2cc(F)c(F)cc12. The zero-order chi connectivity index (χ0) is 11.7. The Morgan fingerprint density at radius 1 is 1.31 bits per heavy atom. The molecular formula is C11H13F2N3. The van der Waals surface area contributed by atoms with Gasteiger partial charge in [0.15, 0.2) is 11.6 Å². The topological polar surface area (TPSA) is 43.8 Å². The van der Waals surface area contributed by atoms with Gasteiger partial charge in [-0.15, -0.1) is 0 Å². The zero-order valence-corrected chi connectivity index (χ0v) is 9.00. The van der Waals surface area contributed by atoms with E-state index in [0.717, 1.165) is 6.42 Å². The maximum absolute atomic E-state index is 13.1. The second kappa shape index (κ2) is 4.17. The summed E-state index contributed by atoms with van der Waals surface area (Å²) in [6, 6.07) is 2.37. The average molecular weight is 225 g/mol. The van der Waals surface area contributed by atoms with Crippen molar-refractivity contribution in [2.24, 2.45) is 5.73 Å². The number of halogens is 2. The number of hydrogen-bond donors (Lipinski definition) is 1. The highest BCUT2D eigenvalue weighted by Gasteiger charge is 2.11. The van der Waals surface area contributed by atoms with E-state index in [1.165, 1.54) is 12.1 Å². The van der Waals surface area contributed by atoms with E-state index >= 15 is 0 Å². The fourth-order valence-corrected chi connectivity index (χ4v) is 1.74. The van der Waals surface area contributed by atoms with E-state index in [9.17, 15) is 8.78 Å². The molecule has 0 unspecified atom stereocenters. The van der Waals surface area contributed by atoms with Crippen molar-refractivity contribution in [2.45, 2.75) is 19.9 Å². The van der Waals surface area contributed by atoms with Gasteiger partial charge >= 0.3 is 0 Å². The lowest BCUT2D eigenvalue weighted by Crippen LogP contribution is -2.07. The Kier molecular flexibility index (Phi) is 2.87. The Hall–Kier alpha value is -1.49. The van der Waals surface area contributed by atoms with Crippen molar-refractivity contribution in [3.05, 3.63) is 29.5 Å². The molecule has 2 rings (SSSR count). The minimum Gasteiger partial charge on any atom is -0.330 e. The number of benzene rings is 1. The number of hydrogen-bond acceptors (Lipinski definition) is 2. The maximum Gasteiger partial charge on any atom is 0.161 e. The summed E-state index contributed by atoms with van der Waals surface area (Å²) < 4.78 is 27.8. The molecule has 0 fully saturated rings. The lowest BCUT2D eigenvalue weighted by Gasteiger charge is -2.01. The van der Waals surface area contributed by atoms with E-state index in [0.29, 0.717) is 29.7 Å². The lowest BCUT2D eigenvalue weighted by molar-refractivity contribution is 0.509. The minimum absolute atomic E-state index is 0.546. The van der Waals surface area contributed by atoms with Crippen LogP contribution in [0.3, 0.4) is 0 Å². The predicted molar refractivity (Wildman–Crippen MR) is 58.1 cm³/mol. The van der Waals surface area contributed by atoms with Gasteiger partial charge in [0.05, 0.1) is 11.2 Å². The molecule has 0 spiro atoms. The summed E-state index contributed by atoms with van der Waals surface area (Å²) in [5, 5.41) is 4.89. The molecule has 86 valence electrons. The largest absolute Gasteiger partial charge is 0.330 e. The summed E-state index contributed by atoms with van der Waals surface area (Å²) in [6.45, 7) is 2.94. The third-order valence-corrected chi connectivity index (χ3v) is 2.55. The number of fused-ring (bicyclic) bond motifs is 1. The van der Waals surface area contributed by atoms with Crippen molar-refractivity contribution in [1.29, 1.82) is 0 Å². The molecule has 0 aliphatic rings. The van der Waals surface area contributed by atoms with E-state index in [2.05, 4.69) is 5.10 Å². The van der Waals surface area contributed by atoms with Crippen LogP contribution in [0, 0.1) is 18.6 Å². The van der Waals surface area contributed by atoms with Crippen LogP contribution in [0.2, 0.25) is 0 Å². The van der Waals surface area contributed by atoms with Gasteiger partial charge in [0.25, 0.3) is 0 Å². The standard InChI is InChI=1S/C11H13F2N3/c1-7-8-5-9(12)10(13)6-11(8)16(15-7)4-2-3-14/h5-6H,2-4,14H2,1H3. The summed E-state index contributed by atoms with van der Waals surface area (Å²) in [5.41, 5.74) is 6.72. The molecule has 0 atom stereocenters. The Bertz CT molecular complexity index is 519. The highest BCUT2D eigenvalue weighted by Crippen LogP contribution is 2.21. The Labute approximate surface area is 91.9 Å². The summed E-state index contributed by atoms with van der Waals surface area (Å²) in [4.78, 5) is 0. The molecule has 2 aromatic rings. The third-order valence-electron chi connectivity index (χ3n) is 2.55. The summed E-state index contributed by atoms with van der Waals surface area (Å²) in [5.74, 6) is -1.68. The molecule has 1 aromatic carbocycles. The van der Waals surface area contributed by atoms with Crippen LogP contribution in [-0.4, -0.2) is 16.3 Å². The van der Waals surface area contributed by atoms with Crippen LogP contribution in [0.4, 0.5) is 8.78 Å². The van der Waals surface area contributed by atoms with Gasteiger partial charge in [0, 0.05) is 18.0 Å². The van der Waals surface area contributed by atoms with Crippen molar-refractivity contribution < 1.29 is 8.78 Å². The highest BCUT2D eigenvalue weighted by molar-refractivity contribution is 5.81. The molecule has 0 aliphatic carbocycles. The summed E-state index contributed by atoms with van der Waals surface area (Å²) in [7, 11) is 0. The third kappa shape index (κ3) is 1.78. The van der Waals surface area contributed by atoms with Gasteiger partial charge in [0.2, 0.25) is 0 Å².